The summed E-state index contributed by atoms with van der Waals surface area (Å²) in [7, 11) is 1.57. The van der Waals surface area contributed by atoms with Crippen molar-refractivity contribution in [2.24, 2.45) is 0 Å². The third kappa shape index (κ3) is 2.66. The van der Waals surface area contributed by atoms with Crippen LogP contribution in [-0.2, 0) is 4.74 Å². The molecular formula is C14H19NO4. The molecule has 1 fully saturated rings. The molecule has 0 spiro atoms. The summed E-state index contributed by atoms with van der Waals surface area (Å²) in [5.74, 6) is -0.276. The number of carboxylic acids is 1. The quantitative estimate of drug-likeness (QED) is 0.906. The monoisotopic (exact) mass is 265 g/mol. The van der Waals surface area contributed by atoms with Crippen molar-refractivity contribution in [3.05, 3.63) is 23.8 Å². The maximum atomic E-state index is 11.4. The lowest BCUT2D eigenvalue weighted by Gasteiger charge is -2.44. The number of hydrogen-bond acceptors (Lipinski definition) is 4. The molecule has 0 saturated carbocycles. The molecule has 5 nitrogen and oxygen atoms in total. The minimum atomic E-state index is -0.931. The van der Waals surface area contributed by atoms with Crippen molar-refractivity contribution in [3.8, 4) is 5.75 Å². The van der Waals surface area contributed by atoms with Crippen LogP contribution in [0.15, 0.2) is 18.2 Å². The molecule has 0 radical (unpaired) electrons. The van der Waals surface area contributed by atoms with Gasteiger partial charge in [-0.3, -0.25) is 0 Å². The zero-order chi connectivity index (χ0) is 14.0. The predicted molar refractivity (Wildman–Crippen MR) is 72.2 cm³/mol. The summed E-state index contributed by atoms with van der Waals surface area (Å²) in [6.07, 6.45) is 0. The standard InChI is InChI=1S/C14H19NO4/c1-14(2)9-19-7-6-15(14)12-8-10(18-3)4-5-11(12)13(16)17/h4-5,8H,6-7,9H2,1-3H3,(H,16,17). The van der Waals surface area contributed by atoms with Crippen LogP contribution in [-0.4, -0.2) is 43.5 Å². The van der Waals surface area contributed by atoms with E-state index in [4.69, 9.17) is 9.47 Å². The Kier molecular flexibility index (Phi) is 3.66. The normalized spacial score (nSPS) is 18.2. The van der Waals surface area contributed by atoms with Crippen molar-refractivity contribution >= 4 is 11.7 Å². The molecule has 5 heteroatoms. The fraction of sp³-hybridized carbons (Fsp3) is 0.500. The smallest absolute Gasteiger partial charge is 0.337 e. The van der Waals surface area contributed by atoms with Crippen molar-refractivity contribution in [3.63, 3.8) is 0 Å². The average Bonchev–Trinajstić information content (AvgIpc) is 2.37. The van der Waals surface area contributed by atoms with Gasteiger partial charge in [-0.15, -0.1) is 0 Å². The number of anilines is 1. The molecule has 0 unspecified atom stereocenters. The second-order valence-electron chi connectivity index (χ2n) is 5.20. The van der Waals surface area contributed by atoms with Crippen LogP contribution in [0.2, 0.25) is 0 Å². The molecule has 1 aromatic rings. The Labute approximate surface area is 112 Å². The average molecular weight is 265 g/mol. The molecule has 0 aliphatic carbocycles. The van der Waals surface area contributed by atoms with Crippen LogP contribution in [0.5, 0.6) is 5.75 Å². The summed E-state index contributed by atoms with van der Waals surface area (Å²) in [5, 5.41) is 9.33. The number of morpholine rings is 1. The number of ether oxygens (including phenoxy) is 2. The molecule has 1 N–H and O–H groups in total. The number of nitrogens with zero attached hydrogens (tertiary/aromatic N) is 1. The third-order valence-electron chi connectivity index (χ3n) is 3.37. The van der Waals surface area contributed by atoms with E-state index in [0.717, 1.165) is 0 Å². The van der Waals surface area contributed by atoms with Gasteiger partial charge in [0, 0.05) is 12.6 Å². The molecule has 1 aliphatic rings. The van der Waals surface area contributed by atoms with Gasteiger partial charge in [-0.05, 0) is 26.0 Å². The molecule has 0 aromatic heterocycles. The number of aromatic carboxylic acids is 1. The Morgan fingerprint density at radius 1 is 1.47 bits per heavy atom. The van der Waals surface area contributed by atoms with Gasteiger partial charge in [-0.2, -0.15) is 0 Å². The number of methoxy groups -OCH3 is 1. The minimum absolute atomic E-state index is 0.241. The first-order valence-electron chi connectivity index (χ1n) is 6.22. The fourth-order valence-electron chi connectivity index (χ4n) is 2.35. The van der Waals surface area contributed by atoms with Crippen LogP contribution in [0.3, 0.4) is 0 Å². The molecule has 104 valence electrons. The van der Waals surface area contributed by atoms with Gasteiger partial charge >= 0.3 is 5.97 Å². The third-order valence-corrected chi connectivity index (χ3v) is 3.37. The fourth-order valence-corrected chi connectivity index (χ4v) is 2.35. The molecule has 0 atom stereocenters. The van der Waals surface area contributed by atoms with E-state index < -0.39 is 5.97 Å². The summed E-state index contributed by atoms with van der Waals surface area (Å²) < 4.78 is 10.7. The molecule has 2 rings (SSSR count). The predicted octanol–water partition coefficient (Wildman–Crippen LogP) is 2.01. The number of benzene rings is 1. The largest absolute Gasteiger partial charge is 0.497 e. The minimum Gasteiger partial charge on any atom is -0.497 e. The molecule has 1 aliphatic heterocycles. The van der Waals surface area contributed by atoms with Crippen LogP contribution >= 0.6 is 0 Å². The van der Waals surface area contributed by atoms with Gasteiger partial charge in [0.2, 0.25) is 0 Å². The lowest BCUT2D eigenvalue weighted by Crippen LogP contribution is -2.53. The lowest BCUT2D eigenvalue weighted by atomic mass is 9.99. The SMILES string of the molecule is COc1ccc(C(=O)O)c(N2CCOCC2(C)C)c1. The highest BCUT2D eigenvalue weighted by Crippen LogP contribution is 2.32. The van der Waals surface area contributed by atoms with E-state index in [9.17, 15) is 9.90 Å². The highest BCUT2D eigenvalue weighted by Gasteiger charge is 2.33. The van der Waals surface area contributed by atoms with Crippen LogP contribution in [0.1, 0.15) is 24.2 Å². The van der Waals surface area contributed by atoms with E-state index in [1.54, 1.807) is 25.3 Å². The first-order chi connectivity index (χ1) is 8.95. The molecule has 0 amide bonds. The van der Waals surface area contributed by atoms with Gasteiger partial charge in [-0.25, -0.2) is 4.79 Å². The summed E-state index contributed by atoms with van der Waals surface area (Å²) in [6.45, 7) is 5.91. The number of carbonyl (C=O) groups is 1. The lowest BCUT2D eigenvalue weighted by molar-refractivity contribution is 0.0629. The van der Waals surface area contributed by atoms with E-state index in [-0.39, 0.29) is 11.1 Å². The number of carboxylic acid groups (broad SMARTS) is 1. The summed E-state index contributed by atoms with van der Waals surface area (Å²) in [4.78, 5) is 13.4. The van der Waals surface area contributed by atoms with Gasteiger partial charge in [0.05, 0.1) is 37.1 Å². The molecular weight excluding hydrogens is 246 g/mol. The van der Waals surface area contributed by atoms with Crippen LogP contribution in [0.4, 0.5) is 5.69 Å². The summed E-state index contributed by atoms with van der Waals surface area (Å²) >= 11 is 0. The van der Waals surface area contributed by atoms with Crippen molar-refractivity contribution in [2.45, 2.75) is 19.4 Å². The Morgan fingerprint density at radius 2 is 2.21 bits per heavy atom. The maximum Gasteiger partial charge on any atom is 0.337 e. The molecule has 19 heavy (non-hydrogen) atoms. The van der Waals surface area contributed by atoms with Crippen LogP contribution in [0, 0.1) is 0 Å². The Hall–Kier alpha value is -1.75. The van der Waals surface area contributed by atoms with Crippen molar-refractivity contribution in [2.75, 3.05) is 31.8 Å². The highest BCUT2D eigenvalue weighted by molar-refractivity contribution is 5.95. The molecule has 1 saturated heterocycles. The van der Waals surface area contributed by atoms with E-state index in [0.29, 0.717) is 31.2 Å². The second kappa shape index (κ2) is 5.09. The van der Waals surface area contributed by atoms with Gasteiger partial charge in [0.15, 0.2) is 0 Å². The first-order valence-corrected chi connectivity index (χ1v) is 6.22. The Balaban J connectivity index is 2.49. The van der Waals surface area contributed by atoms with Gasteiger partial charge in [0.1, 0.15) is 5.75 Å². The molecule has 0 bridgehead atoms. The second-order valence-corrected chi connectivity index (χ2v) is 5.20. The zero-order valence-corrected chi connectivity index (χ0v) is 11.5. The van der Waals surface area contributed by atoms with Crippen LogP contribution < -0.4 is 9.64 Å². The number of hydrogen-bond donors (Lipinski definition) is 1. The zero-order valence-electron chi connectivity index (χ0n) is 11.5. The first kappa shape index (κ1) is 13.7. The Morgan fingerprint density at radius 3 is 2.79 bits per heavy atom. The maximum absolute atomic E-state index is 11.4. The van der Waals surface area contributed by atoms with Crippen molar-refractivity contribution in [1.29, 1.82) is 0 Å². The summed E-state index contributed by atoms with van der Waals surface area (Å²) in [6, 6.07) is 5.03. The van der Waals surface area contributed by atoms with Gasteiger partial charge in [0.25, 0.3) is 0 Å². The van der Waals surface area contributed by atoms with E-state index >= 15 is 0 Å². The molecule has 1 heterocycles. The van der Waals surface area contributed by atoms with Crippen LogP contribution in [0.25, 0.3) is 0 Å². The van der Waals surface area contributed by atoms with E-state index in [1.165, 1.54) is 0 Å². The Bertz CT molecular complexity index is 484. The summed E-state index contributed by atoms with van der Waals surface area (Å²) in [5.41, 5.74) is 0.727. The van der Waals surface area contributed by atoms with E-state index in [1.807, 2.05) is 13.8 Å². The number of rotatable bonds is 3. The topological polar surface area (TPSA) is 59.0 Å². The van der Waals surface area contributed by atoms with Gasteiger partial charge < -0.3 is 19.5 Å². The highest BCUT2D eigenvalue weighted by atomic mass is 16.5. The van der Waals surface area contributed by atoms with E-state index in [2.05, 4.69) is 4.90 Å². The van der Waals surface area contributed by atoms with Gasteiger partial charge in [-0.1, -0.05) is 0 Å². The molecule has 1 aromatic carbocycles. The van der Waals surface area contributed by atoms with Crippen molar-refractivity contribution in [1.82, 2.24) is 0 Å². The van der Waals surface area contributed by atoms with Crippen molar-refractivity contribution < 1.29 is 19.4 Å².